The Morgan fingerprint density at radius 3 is 3.05 bits per heavy atom. The molecule has 0 aliphatic carbocycles. The number of carbonyl (C=O) groups excluding carboxylic acids is 1. The summed E-state index contributed by atoms with van der Waals surface area (Å²) in [5.41, 5.74) is 1.34. The number of nitrogens with one attached hydrogen (secondary N) is 1. The molecule has 1 amide bonds. The maximum absolute atomic E-state index is 12.3. The highest BCUT2D eigenvalue weighted by Gasteiger charge is 2.22. The molecule has 0 bridgehead atoms. The zero-order valence-corrected chi connectivity index (χ0v) is 12.6. The molecule has 0 fully saturated rings. The van der Waals surface area contributed by atoms with Crippen LogP contribution in [-0.2, 0) is 24.3 Å². The van der Waals surface area contributed by atoms with E-state index in [9.17, 15) is 9.59 Å². The van der Waals surface area contributed by atoms with E-state index < -0.39 is 0 Å². The number of rotatable bonds is 4. The van der Waals surface area contributed by atoms with Crippen molar-refractivity contribution >= 4 is 5.91 Å². The molecule has 0 unspecified atom stereocenters. The van der Waals surface area contributed by atoms with E-state index in [2.05, 4.69) is 15.0 Å². The van der Waals surface area contributed by atoms with Gasteiger partial charge >= 0.3 is 0 Å². The molecule has 2 aromatic rings. The highest BCUT2D eigenvalue weighted by Crippen LogP contribution is 2.14. The molecule has 22 heavy (non-hydrogen) atoms. The minimum Gasteiger partial charge on any atom is -0.336 e. The molecule has 7 nitrogen and oxygen atoms in total. The van der Waals surface area contributed by atoms with Gasteiger partial charge in [-0.2, -0.15) is 0 Å². The number of fused-ring (bicyclic) bond motifs is 1. The van der Waals surface area contributed by atoms with Gasteiger partial charge < -0.3 is 14.5 Å². The van der Waals surface area contributed by atoms with Gasteiger partial charge in [-0.15, -0.1) is 0 Å². The van der Waals surface area contributed by atoms with Gasteiger partial charge in [-0.05, 0) is 19.8 Å². The van der Waals surface area contributed by atoms with Crippen LogP contribution >= 0.6 is 0 Å². The van der Waals surface area contributed by atoms with Crippen LogP contribution in [0.15, 0.2) is 23.5 Å². The Labute approximate surface area is 128 Å². The maximum atomic E-state index is 12.3. The fourth-order valence-electron chi connectivity index (χ4n) is 2.78. The van der Waals surface area contributed by atoms with Crippen molar-refractivity contribution in [3.8, 4) is 0 Å². The van der Waals surface area contributed by atoms with Gasteiger partial charge in [0, 0.05) is 37.5 Å². The molecule has 7 heteroatoms. The number of aryl methyl sites for hydroxylation is 2. The lowest BCUT2D eigenvalue weighted by molar-refractivity contribution is -0.132. The van der Waals surface area contributed by atoms with Crippen molar-refractivity contribution in [1.82, 2.24) is 24.4 Å². The summed E-state index contributed by atoms with van der Waals surface area (Å²) in [6.07, 6.45) is 6.94. The largest absolute Gasteiger partial charge is 0.336 e. The van der Waals surface area contributed by atoms with E-state index in [1.165, 1.54) is 6.33 Å². The zero-order chi connectivity index (χ0) is 15.5. The highest BCUT2D eigenvalue weighted by molar-refractivity contribution is 5.76. The number of carbonyl (C=O) groups is 1. The molecule has 1 N–H and O–H groups in total. The number of H-pyrrole nitrogens is 1. The van der Waals surface area contributed by atoms with E-state index in [4.69, 9.17) is 0 Å². The number of aromatic amines is 1. The molecule has 0 atom stereocenters. The summed E-state index contributed by atoms with van der Waals surface area (Å²) in [7, 11) is 0. The maximum Gasteiger partial charge on any atom is 0.254 e. The smallest absolute Gasteiger partial charge is 0.254 e. The minimum atomic E-state index is -0.0901. The topological polar surface area (TPSA) is 83.9 Å². The first-order valence-electron chi connectivity index (χ1n) is 7.46. The van der Waals surface area contributed by atoms with Gasteiger partial charge in [0.15, 0.2) is 0 Å². The van der Waals surface area contributed by atoms with Crippen molar-refractivity contribution in [2.45, 2.75) is 39.3 Å². The minimum absolute atomic E-state index is 0.0901. The van der Waals surface area contributed by atoms with Crippen LogP contribution in [0.1, 0.15) is 29.9 Å². The van der Waals surface area contributed by atoms with Gasteiger partial charge in [0.2, 0.25) is 5.91 Å². The van der Waals surface area contributed by atoms with E-state index in [1.807, 2.05) is 17.7 Å². The van der Waals surface area contributed by atoms with Crippen LogP contribution in [0.5, 0.6) is 0 Å². The Kier molecular flexibility index (Phi) is 4.04. The first-order chi connectivity index (χ1) is 10.6. The van der Waals surface area contributed by atoms with E-state index in [0.29, 0.717) is 37.2 Å². The third-order valence-corrected chi connectivity index (χ3v) is 4.08. The van der Waals surface area contributed by atoms with E-state index in [-0.39, 0.29) is 11.5 Å². The second kappa shape index (κ2) is 6.13. The molecule has 0 spiro atoms. The van der Waals surface area contributed by atoms with Crippen LogP contribution in [0, 0.1) is 6.92 Å². The van der Waals surface area contributed by atoms with Gasteiger partial charge in [0.25, 0.3) is 5.56 Å². The number of hydrogen-bond acceptors (Lipinski definition) is 4. The summed E-state index contributed by atoms with van der Waals surface area (Å²) in [6, 6.07) is 0. The number of hydrogen-bond donors (Lipinski definition) is 1. The van der Waals surface area contributed by atoms with Crippen molar-refractivity contribution in [2.24, 2.45) is 0 Å². The summed E-state index contributed by atoms with van der Waals surface area (Å²) < 4.78 is 2.04. The average molecular weight is 301 g/mol. The van der Waals surface area contributed by atoms with E-state index in [1.54, 1.807) is 11.1 Å². The van der Waals surface area contributed by atoms with Crippen molar-refractivity contribution < 1.29 is 4.79 Å². The first kappa shape index (κ1) is 14.5. The Morgan fingerprint density at radius 2 is 2.27 bits per heavy atom. The second-order valence-electron chi connectivity index (χ2n) is 5.49. The van der Waals surface area contributed by atoms with Crippen molar-refractivity contribution in [1.29, 1.82) is 0 Å². The molecule has 1 aliphatic heterocycles. The molecule has 0 aromatic carbocycles. The summed E-state index contributed by atoms with van der Waals surface area (Å²) >= 11 is 0. The lowest BCUT2D eigenvalue weighted by Crippen LogP contribution is -2.38. The van der Waals surface area contributed by atoms with Gasteiger partial charge in [0.05, 0.1) is 18.6 Å². The van der Waals surface area contributed by atoms with E-state index in [0.717, 1.165) is 18.8 Å². The molecular weight excluding hydrogens is 282 g/mol. The zero-order valence-electron chi connectivity index (χ0n) is 12.6. The van der Waals surface area contributed by atoms with Crippen LogP contribution in [0.4, 0.5) is 0 Å². The molecule has 2 aromatic heterocycles. The Morgan fingerprint density at radius 1 is 1.41 bits per heavy atom. The summed E-state index contributed by atoms with van der Waals surface area (Å²) in [4.78, 5) is 36.7. The fraction of sp³-hybridized carbons (Fsp3) is 0.467. The van der Waals surface area contributed by atoms with Crippen LogP contribution in [0.3, 0.4) is 0 Å². The molecule has 1 aliphatic rings. The van der Waals surface area contributed by atoms with Gasteiger partial charge in [-0.3, -0.25) is 9.59 Å². The lowest BCUT2D eigenvalue weighted by atomic mass is 10.1. The van der Waals surface area contributed by atoms with Crippen LogP contribution in [0.25, 0.3) is 0 Å². The van der Waals surface area contributed by atoms with Gasteiger partial charge in [0.1, 0.15) is 5.82 Å². The molecule has 0 saturated carbocycles. The molecule has 116 valence electrons. The molecule has 3 rings (SSSR count). The molecule has 0 saturated heterocycles. The molecular formula is C15H19N5O2. The Bertz CT molecular complexity index is 734. The summed E-state index contributed by atoms with van der Waals surface area (Å²) in [6.45, 7) is 3.76. The summed E-state index contributed by atoms with van der Waals surface area (Å²) in [5.74, 6) is 1.08. The summed E-state index contributed by atoms with van der Waals surface area (Å²) in [5, 5.41) is 0. The quantitative estimate of drug-likeness (QED) is 0.898. The Hall–Kier alpha value is -2.44. The second-order valence-corrected chi connectivity index (χ2v) is 5.49. The van der Waals surface area contributed by atoms with Gasteiger partial charge in [-0.1, -0.05) is 0 Å². The third kappa shape index (κ3) is 2.93. The number of amides is 1. The molecule has 3 heterocycles. The van der Waals surface area contributed by atoms with Crippen LogP contribution < -0.4 is 5.56 Å². The van der Waals surface area contributed by atoms with E-state index >= 15 is 0 Å². The van der Waals surface area contributed by atoms with Crippen molar-refractivity contribution in [3.05, 3.63) is 46.2 Å². The predicted octanol–water partition coefficient (Wildman–Crippen LogP) is 0.640. The van der Waals surface area contributed by atoms with Crippen LogP contribution in [0.2, 0.25) is 0 Å². The van der Waals surface area contributed by atoms with Crippen LogP contribution in [-0.4, -0.2) is 36.9 Å². The third-order valence-electron chi connectivity index (χ3n) is 4.08. The van der Waals surface area contributed by atoms with Crippen molar-refractivity contribution in [3.63, 3.8) is 0 Å². The normalized spacial score (nSPS) is 14.0. The number of imidazole rings is 1. The monoisotopic (exact) mass is 301 g/mol. The number of aromatic nitrogens is 4. The SMILES string of the molecule is Cc1nccn1CCCC(=O)N1CCc2c(nc[nH]c2=O)C1. The lowest BCUT2D eigenvalue weighted by Gasteiger charge is -2.27. The molecule has 0 radical (unpaired) electrons. The van der Waals surface area contributed by atoms with Crippen molar-refractivity contribution in [2.75, 3.05) is 6.54 Å². The first-order valence-corrected chi connectivity index (χ1v) is 7.46. The fourth-order valence-corrected chi connectivity index (χ4v) is 2.78. The predicted molar refractivity (Wildman–Crippen MR) is 80.2 cm³/mol. The average Bonchev–Trinajstić information content (AvgIpc) is 2.92. The standard InChI is InChI=1S/C15H19N5O2/c1-11-16-5-8-19(11)6-2-3-14(21)20-7-4-12-13(9-20)17-10-18-15(12)22/h5,8,10H,2-4,6-7,9H2,1H3,(H,17,18,22). The van der Waals surface area contributed by atoms with Gasteiger partial charge in [-0.25, -0.2) is 9.97 Å². The Balaban J connectivity index is 1.55. The highest BCUT2D eigenvalue weighted by atomic mass is 16.2. The number of nitrogens with zero attached hydrogens (tertiary/aromatic N) is 4.